The quantitative estimate of drug-likeness (QED) is 0.863. The molecule has 2 aromatic heterocycles. The van der Waals surface area contributed by atoms with Gasteiger partial charge in [0.1, 0.15) is 11.1 Å². The maximum atomic E-state index is 11.5. The van der Waals surface area contributed by atoms with Crippen molar-refractivity contribution in [2.75, 3.05) is 5.73 Å². The predicted molar refractivity (Wildman–Crippen MR) is 68.2 cm³/mol. The van der Waals surface area contributed by atoms with Gasteiger partial charge in [-0.1, -0.05) is 0 Å². The Morgan fingerprint density at radius 2 is 2.18 bits per heavy atom. The lowest BCUT2D eigenvalue weighted by Gasteiger charge is -2.23. The number of primary amides is 1. The zero-order valence-corrected chi connectivity index (χ0v) is 11.0. The molecule has 0 spiro atoms. The fourth-order valence-corrected chi connectivity index (χ4v) is 1.94. The number of anilines is 1. The zero-order chi connectivity index (χ0) is 12.8. The summed E-state index contributed by atoms with van der Waals surface area (Å²) in [6.07, 6.45) is 1.62. The summed E-state index contributed by atoms with van der Waals surface area (Å²) in [7, 11) is 0. The normalized spacial score (nSPS) is 11.9. The van der Waals surface area contributed by atoms with Gasteiger partial charge in [0, 0.05) is 10.7 Å². The lowest BCUT2D eigenvalue weighted by Crippen LogP contribution is -2.41. The van der Waals surface area contributed by atoms with Crippen LogP contribution in [0.5, 0.6) is 0 Å². The molecule has 2 heterocycles. The Hall–Kier alpha value is -1.63. The standard InChI is InChI=1S/C10H12BrN5O/c1-10(2,8(12)17)16-7-6(15-9(16)13)3-5(11)4-14-7/h3-4H,1-2H3,(H2,12,17)(H2,13,15). The van der Waals surface area contributed by atoms with Crippen molar-refractivity contribution in [3.63, 3.8) is 0 Å². The number of imidazole rings is 1. The molecule has 2 aromatic rings. The van der Waals surface area contributed by atoms with Gasteiger partial charge in [0.05, 0.1) is 0 Å². The van der Waals surface area contributed by atoms with Crippen LogP contribution >= 0.6 is 15.9 Å². The van der Waals surface area contributed by atoms with E-state index in [9.17, 15) is 4.79 Å². The van der Waals surface area contributed by atoms with Gasteiger partial charge < -0.3 is 11.5 Å². The SMILES string of the molecule is CC(C)(C(N)=O)n1c(N)nc2cc(Br)cnc21. The predicted octanol–water partition coefficient (Wildman–Crippen LogP) is 0.996. The van der Waals surface area contributed by atoms with Crippen molar-refractivity contribution in [3.05, 3.63) is 16.7 Å². The van der Waals surface area contributed by atoms with Crippen molar-refractivity contribution < 1.29 is 4.79 Å². The van der Waals surface area contributed by atoms with Crippen LogP contribution in [0.1, 0.15) is 13.8 Å². The first kappa shape index (κ1) is 11.8. The fraction of sp³-hybridized carbons (Fsp3) is 0.300. The van der Waals surface area contributed by atoms with Crippen LogP contribution in [-0.2, 0) is 10.3 Å². The molecule has 7 heteroatoms. The van der Waals surface area contributed by atoms with Crippen LogP contribution < -0.4 is 11.5 Å². The van der Waals surface area contributed by atoms with E-state index in [1.54, 1.807) is 26.1 Å². The molecule has 0 radical (unpaired) electrons. The molecule has 0 saturated carbocycles. The smallest absolute Gasteiger partial charge is 0.243 e. The summed E-state index contributed by atoms with van der Waals surface area (Å²) in [5, 5.41) is 0. The molecule has 17 heavy (non-hydrogen) atoms. The van der Waals surface area contributed by atoms with E-state index in [1.807, 2.05) is 0 Å². The summed E-state index contributed by atoms with van der Waals surface area (Å²) in [6, 6.07) is 1.78. The van der Waals surface area contributed by atoms with Crippen molar-refractivity contribution in [2.24, 2.45) is 5.73 Å². The minimum atomic E-state index is -0.973. The molecule has 0 unspecified atom stereocenters. The van der Waals surface area contributed by atoms with E-state index < -0.39 is 11.4 Å². The number of rotatable bonds is 2. The monoisotopic (exact) mass is 297 g/mol. The van der Waals surface area contributed by atoms with E-state index in [4.69, 9.17) is 11.5 Å². The number of halogens is 1. The van der Waals surface area contributed by atoms with Crippen LogP contribution in [0.2, 0.25) is 0 Å². The summed E-state index contributed by atoms with van der Waals surface area (Å²) >= 11 is 3.30. The van der Waals surface area contributed by atoms with Gasteiger partial charge in [-0.2, -0.15) is 0 Å². The van der Waals surface area contributed by atoms with Crippen molar-refractivity contribution in [1.82, 2.24) is 14.5 Å². The minimum absolute atomic E-state index is 0.217. The summed E-state index contributed by atoms with van der Waals surface area (Å²) in [5.41, 5.74) is 11.4. The molecule has 0 aromatic carbocycles. The van der Waals surface area contributed by atoms with Crippen molar-refractivity contribution >= 4 is 38.9 Å². The van der Waals surface area contributed by atoms with E-state index in [2.05, 4.69) is 25.9 Å². The van der Waals surface area contributed by atoms with Crippen LogP contribution in [-0.4, -0.2) is 20.4 Å². The highest BCUT2D eigenvalue weighted by atomic mass is 79.9. The van der Waals surface area contributed by atoms with E-state index in [-0.39, 0.29) is 5.95 Å². The number of carbonyl (C=O) groups is 1. The second kappa shape index (κ2) is 3.69. The Kier molecular flexibility index (Phi) is 2.57. The Labute approximate surface area is 106 Å². The second-order valence-electron chi connectivity index (χ2n) is 4.22. The zero-order valence-electron chi connectivity index (χ0n) is 9.44. The molecule has 6 nitrogen and oxygen atoms in total. The number of carbonyl (C=O) groups excluding carboxylic acids is 1. The molecular formula is C10H12BrN5O. The maximum absolute atomic E-state index is 11.5. The molecule has 0 atom stereocenters. The number of nitrogens with zero attached hydrogens (tertiary/aromatic N) is 3. The van der Waals surface area contributed by atoms with Crippen LogP contribution in [0.25, 0.3) is 11.2 Å². The lowest BCUT2D eigenvalue weighted by atomic mass is 10.1. The van der Waals surface area contributed by atoms with Gasteiger partial charge >= 0.3 is 0 Å². The molecule has 0 fully saturated rings. The molecule has 0 bridgehead atoms. The molecule has 0 aliphatic carbocycles. The second-order valence-corrected chi connectivity index (χ2v) is 5.14. The third-order valence-electron chi connectivity index (χ3n) is 2.65. The molecule has 0 aliphatic rings. The highest BCUT2D eigenvalue weighted by Crippen LogP contribution is 2.26. The fourth-order valence-electron chi connectivity index (χ4n) is 1.62. The first-order valence-corrected chi connectivity index (χ1v) is 5.73. The summed E-state index contributed by atoms with van der Waals surface area (Å²) in [4.78, 5) is 19.8. The molecule has 0 saturated heterocycles. The van der Waals surface area contributed by atoms with Gasteiger partial charge in [0.15, 0.2) is 5.65 Å². The van der Waals surface area contributed by atoms with Crippen LogP contribution in [0, 0.1) is 0 Å². The number of nitrogen functional groups attached to an aromatic ring is 1. The molecule has 90 valence electrons. The molecule has 2 rings (SSSR count). The highest BCUT2D eigenvalue weighted by Gasteiger charge is 2.31. The molecule has 0 aliphatic heterocycles. The third-order valence-corrected chi connectivity index (χ3v) is 3.09. The molecule has 4 N–H and O–H groups in total. The first-order valence-electron chi connectivity index (χ1n) is 4.94. The highest BCUT2D eigenvalue weighted by molar-refractivity contribution is 9.10. The number of nitrogens with two attached hydrogens (primary N) is 2. The van der Waals surface area contributed by atoms with E-state index >= 15 is 0 Å². The number of amides is 1. The minimum Gasteiger partial charge on any atom is -0.369 e. The van der Waals surface area contributed by atoms with Crippen molar-refractivity contribution in [2.45, 2.75) is 19.4 Å². The summed E-state index contributed by atoms with van der Waals surface area (Å²) in [5.74, 6) is -0.275. The lowest BCUT2D eigenvalue weighted by molar-refractivity contribution is -0.124. The Balaban J connectivity index is 2.78. The van der Waals surface area contributed by atoms with Gasteiger partial charge in [0.2, 0.25) is 11.9 Å². The summed E-state index contributed by atoms with van der Waals surface area (Å²) < 4.78 is 2.34. The largest absolute Gasteiger partial charge is 0.369 e. The van der Waals surface area contributed by atoms with Gasteiger partial charge in [-0.3, -0.25) is 9.36 Å². The van der Waals surface area contributed by atoms with E-state index in [0.29, 0.717) is 11.2 Å². The van der Waals surface area contributed by atoms with Crippen LogP contribution in [0.15, 0.2) is 16.7 Å². The average Bonchev–Trinajstić information content (AvgIpc) is 2.53. The van der Waals surface area contributed by atoms with E-state index in [1.165, 1.54) is 4.57 Å². The number of aromatic nitrogens is 3. The van der Waals surface area contributed by atoms with Crippen LogP contribution in [0.3, 0.4) is 0 Å². The number of fused-ring (bicyclic) bond motifs is 1. The van der Waals surface area contributed by atoms with E-state index in [0.717, 1.165) is 4.47 Å². The maximum Gasteiger partial charge on any atom is 0.243 e. The molecule has 1 amide bonds. The Morgan fingerprint density at radius 1 is 1.53 bits per heavy atom. The van der Waals surface area contributed by atoms with Gasteiger partial charge in [-0.05, 0) is 35.8 Å². The number of pyridine rings is 1. The van der Waals surface area contributed by atoms with Gasteiger partial charge in [-0.25, -0.2) is 9.97 Å². The topological polar surface area (TPSA) is 99.8 Å². The Bertz CT molecular complexity index is 604. The average molecular weight is 298 g/mol. The van der Waals surface area contributed by atoms with Crippen molar-refractivity contribution in [1.29, 1.82) is 0 Å². The van der Waals surface area contributed by atoms with Gasteiger partial charge in [-0.15, -0.1) is 0 Å². The number of hydrogen-bond acceptors (Lipinski definition) is 4. The van der Waals surface area contributed by atoms with Gasteiger partial charge in [0.25, 0.3) is 0 Å². The first-order chi connectivity index (χ1) is 7.84. The number of hydrogen-bond donors (Lipinski definition) is 2. The molecular weight excluding hydrogens is 286 g/mol. The summed E-state index contributed by atoms with van der Waals surface area (Å²) in [6.45, 7) is 3.35. The van der Waals surface area contributed by atoms with Crippen LogP contribution in [0.4, 0.5) is 5.95 Å². The Morgan fingerprint density at radius 3 is 2.76 bits per heavy atom. The third kappa shape index (κ3) is 1.76. The van der Waals surface area contributed by atoms with Crippen molar-refractivity contribution in [3.8, 4) is 0 Å².